The lowest BCUT2D eigenvalue weighted by atomic mass is 10.0. The molecule has 0 aliphatic rings. The average molecular weight is 340 g/mol. The minimum atomic E-state index is -1.12. The number of carboxylic acid groups (broad SMARTS) is 1. The molecule has 1 atom stereocenters. The van der Waals surface area contributed by atoms with Gasteiger partial charge in [-0.2, -0.15) is 5.10 Å². The highest BCUT2D eigenvalue weighted by atomic mass is 35.5. The molecule has 0 aliphatic carbocycles. The van der Waals surface area contributed by atoms with Gasteiger partial charge in [0, 0.05) is 12.7 Å². The van der Waals surface area contributed by atoms with Gasteiger partial charge in [-0.25, -0.2) is 4.39 Å². The van der Waals surface area contributed by atoms with E-state index >= 15 is 0 Å². The number of benzene rings is 1. The lowest BCUT2D eigenvalue weighted by molar-refractivity contribution is -0.137. The van der Waals surface area contributed by atoms with Crippen molar-refractivity contribution >= 4 is 23.5 Å². The number of carbonyl (C=O) groups excluding carboxylic acids is 1. The molecule has 0 aliphatic heterocycles. The van der Waals surface area contributed by atoms with Crippen LogP contribution in [0.1, 0.15) is 35.3 Å². The van der Waals surface area contributed by atoms with Crippen molar-refractivity contribution in [3.63, 3.8) is 0 Å². The number of amides is 1. The molecule has 0 bridgehead atoms. The van der Waals surface area contributed by atoms with E-state index in [1.165, 1.54) is 18.3 Å². The van der Waals surface area contributed by atoms with Crippen molar-refractivity contribution in [2.45, 2.75) is 25.9 Å². The first-order valence-corrected chi connectivity index (χ1v) is 7.28. The Kier molecular flexibility index (Phi) is 5.33. The Hall–Kier alpha value is -2.41. The van der Waals surface area contributed by atoms with Crippen LogP contribution in [0.5, 0.6) is 0 Å². The van der Waals surface area contributed by atoms with Crippen LogP contribution in [-0.4, -0.2) is 26.8 Å². The second kappa shape index (κ2) is 7.23. The SMILES string of the molecule is CCn1cc(C(=O)N[C@@H](CC(=O)O)c2ccc(Cl)c(F)c2)cn1. The van der Waals surface area contributed by atoms with Gasteiger partial charge in [-0.3, -0.25) is 14.3 Å². The van der Waals surface area contributed by atoms with Crippen LogP contribution in [0.2, 0.25) is 5.02 Å². The summed E-state index contributed by atoms with van der Waals surface area (Å²) in [5, 5.41) is 15.5. The van der Waals surface area contributed by atoms with Gasteiger partial charge < -0.3 is 10.4 Å². The van der Waals surface area contributed by atoms with E-state index in [1.54, 1.807) is 10.9 Å². The molecular formula is C15H15ClFN3O3. The van der Waals surface area contributed by atoms with Crippen LogP contribution in [0, 0.1) is 5.82 Å². The molecule has 0 saturated heterocycles. The molecule has 1 amide bonds. The van der Waals surface area contributed by atoms with E-state index in [1.807, 2.05) is 6.92 Å². The van der Waals surface area contributed by atoms with Crippen molar-refractivity contribution in [3.8, 4) is 0 Å². The fraction of sp³-hybridized carbons (Fsp3) is 0.267. The highest BCUT2D eigenvalue weighted by Crippen LogP contribution is 2.23. The zero-order valence-electron chi connectivity index (χ0n) is 12.3. The smallest absolute Gasteiger partial charge is 0.305 e. The molecule has 0 unspecified atom stereocenters. The summed E-state index contributed by atoms with van der Waals surface area (Å²) < 4.78 is 15.2. The van der Waals surface area contributed by atoms with E-state index in [2.05, 4.69) is 10.4 Å². The number of hydrogen-bond acceptors (Lipinski definition) is 3. The summed E-state index contributed by atoms with van der Waals surface area (Å²) in [5.41, 5.74) is 0.627. The summed E-state index contributed by atoms with van der Waals surface area (Å²) in [5.74, 6) is -2.27. The summed E-state index contributed by atoms with van der Waals surface area (Å²) in [6.07, 6.45) is 2.56. The second-order valence-corrected chi connectivity index (χ2v) is 5.29. The maximum atomic E-state index is 13.6. The highest BCUT2D eigenvalue weighted by molar-refractivity contribution is 6.30. The Labute approximate surface area is 136 Å². The number of nitrogens with one attached hydrogen (secondary N) is 1. The molecule has 2 aromatic rings. The zero-order valence-corrected chi connectivity index (χ0v) is 13.0. The van der Waals surface area contributed by atoms with Gasteiger partial charge in [0.25, 0.3) is 5.91 Å². The van der Waals surface area contributed by atoms with Crippen LogP contribution in [0.15, 0.2) is 30.6 Å². The number of aryl methyl sites for hydroxylation is 1. The minimum absolute atomic E-state index is 0.0710. The Morgan fingerprint density at radius 1 is 1.48 bits per heavy atom. The zero-order chi connectivity index (χ0) is 17.0. The molecule has 2 rings (SSSR count). The first-order chi connectivity index (χ1) is 10.9. The van der Waals surface area contributed by atoms with Gasteiger partial charge >= 0.3 is 5.97 Å². The molecule has 1 heterocycles. The van der Waals surface area contributed by atoms with Crippen LogP contribution in [0.3, 0.4) is 0 Å². The van der Waals surface area contributed by atoms with Crippen molar-refractivity contribution in [1.29, 1.82) is 0 Å². The van der Waals surface area contributed by atoms with Crippen molar-refractivity contribution in [2.24, 2.45) is 0 Å². The second-order valence-electron chi connectivity index (χ2n) is 4.88. The maximum absolute atomic E-state index is 13.6. The normalized spacial score (nSPS) is 12.0. The predicted octanol–water partition coefficient (Wildman–Crippen LogP) is 2.64. The summed E-state index contributed by atoms with van der Waals surface area (Å²) >= 11 is 5.62. The van der Waals surface area contributed by atoms with Crippen molar-refractivity contribution in [2.75, 3.05) is 0 Å². The Bertz CT molecular complexity index is 733. The summed E-state index contributed by atoms with van der Waals surface area (Å²) in [4.78, 5) is 23.2. The van der Waals surface area contributed by atoms with E-state index in [0.29, 0.717) is 17.7 Å². The van der Waals surface area contributed by atoms with Gasteiger partial charge in [0.05, 0.1) is 29.2 Å². The van der Waals surface area contributed by atoms with E-state index in [0.717, 1.165) is 6.07 Å². The number of carboxylic acids is 1. The monoisotopic (exact) mass is 339 g/mol. The molecule has 1 aromatic carbocycles. The number of halogens is 2. The lowest BCUT2D eigenvalue weighted by Gasteiger charge is -2.17. The highest BCUT2D eigenvalue weighted by Gasteiger charge is 2.20. The fourth-order valence-electron chi connectivity index (χ4n) is 2.05. The number of aromatic nitrogens is 2. The molecule has 8 heteroatoms. The van der Waals surface area contributed by atoms with Crippen molar-refractivity contribution in [3.05, 3.63) is 52.6 Å². The number of aliphatic carboxylic acids is 1. The largest absolute Gasteiger partial charge is 0.481 e. The van der Waals surface area contributed by atoms with Crippen molar-refractivity contribution < 1.29 is 19.1 Å². The van der Waals surface area contributed by atoms with E-state index in [4.69, 9.17) is 16.7 Å². The van der Waals surface area contributed by atoms with Crippen LogP contribution in [0.25, 0.3) is 0 Å². The molecular weight excluding hydrogens is 325 g/mol. The Balaban J connectivity index is 2.22. The van der Waals surface area contributed by atoms with Gasteiger partial charge in [0.15, 0.2) is 0 Å². The first kappa shape index (κ1) is 17.0. The fourth-order valence-corrected chi connectivity index (χ4v) is 2.17. The van der Waals surface area contributed by atoms with Crippen LogP contribution >= 0.6 is 11.6 Å². The molecule has 1 aromatic heterocycles. The number of nitrogens with zero attached hydrogens (tertiary/aromatic N) is 2. The molecule has 0 spiro atoms. The van der Waals surface area contributed by atoms with Gasteiger partial charge in [-0.05, 0) is 24.6 Å². The number of hydrogen-bond donors (Lipinski definition) is 2. The van der Waals surface area contributed by atoms with Crippen molar-refractivity contribution in [1.82, 2.24) is 15.1 Å². The van der Waals surface area contributed by atoms with Gasteiger partial charge in [-0.15, -0.1) is 0 Å². The summed E-state index contributed by atoms with van der Waals surface area (Å²) in [6.45, 7) is 2.48. The van der Waals surface area contributed by atoms with E-state index in [-0.39, 0.29) is 11.4 Å². The molecule has 6 nitrogen and oxygen atoms in total. The van der Waals surface area contributed by atoms with Gasteiger partial charge in [0.2, 0.25) is 0 Å². The molecule has 23 heavy (non-hydrogen) atoms. The topological polar surface area (TPSA) is 84.2 Å². The first-order valence-electron chi connectivity index (χ1n) is 6.90. The van der Waals surface area contributed by atoms with Crippen LogP contribution in [-0.2, 0) is 11.3 Å². The Morgan fingerprint density at radius 3 is 2.78 bits per heavy atom. The minimum Gasteiger partial charge on any atom is -0.481 e. The Morgan fingerprint density at radius 2 is 2.22 bits per heavy atom. The van der Waals surface area contributed by atoms with Gasteiger partial charge in [-0.1, -0.05) is 17.7 Å². The predicted molar refractivity (Wildman–Crippen MR) is 81.8 cm³/mol. The van der Waals surface area contributed by atoms with Crippen LogP contribution in [0.4, 0.5) is 4.39 Å². The summed E-state index contributed by atoms with van der Waals surface area (Å²) in [6, 6.07) is 3.04. The molecule has 122 valence electrons. The van der Waals surface area contributed by atoms with Gasteiger partial charge in [0.1, 0.15) is 5.82 Å². The maximum Gasteiger partial charge on any atom is 0.305 e. The average Bonchev–Trinajstić information content (AvgIpc) is 2.98. The summed E-state index contributed by atoms with van der Waals surface area (Å²) in [7, 11) is 0. The third-order valence-corrected chi connectivity index (χ3v) is 3.56. The van der Waals surface area contributed by atoms with E-state index in [9.17, 15) is 14.0 Å². The molecule has 0 saturated carbocycles. The molecule has 2 N–H and O–H groups in total. The molecule has 0 radical (unpaired) electrons. The van der Waals surface area contributed by atoms with Crippen LogP contribution < -0.4 is 5.32 Å². The molecule has 0 fully saturated rings. The number of rotatable bonds is 6. The quantitative estimate of drug-likeness (QED) is 0.847. The lowest BCUT2D eigenvalue weighted by Crippen LogP contribution is -2.30. The standard InChI is InChI=1S/C15H15ClFN3O3/c1-2-20-8-10(7-18-20)15(23)19-13(6-14(21)22)9-3-4-11(16)12(17)5-9/h3-5,7-8,13H,2,6H2,1H3,(H,19,23)(H,21,22)/t13-/m0/s1. The third-order valence-electron chi connectivity index (χ3n) is 3.25. The van der Waals surface area contributed by atoms with E-state index < -0.39 is 23.7 Å². The number of carbonyl (C=O) groups is 2. The third kappa shape index (κ3) is 4.29.